The van der Waals surface area contributed by atoms with E-state index in [4.69, 9.17) is 11.6 Å². The predicted octanol–water partition coefficient (Wildman–Crippen LogP) is 4.22. The van der Waals surface area contributed by atoms with Crippen molar-refractivity contribution in [1.82, 2.24) is 10.4 Å². The van der Waals surface area contributed by atoms with Crippen LogP contribution < -0.4 is 10.9 Å². The van der Waals surface area contributed by atoms with E-state index in [0.717, 1.165) is 16.3 Å². The summed E-state index contributed by atoms with van der Waals surface area (Å²) in [6.45, 7) is 0. The van der Waals surface area contributed by atoms with Crippen molar-refractivity contribution in [1.29, 1.82) is 0 Å². The van der Waals surface area contributed by atoms with Crippen molar-refractivity contribution in [2.45, 2.75) is 0 Å². The summed E-state index contributed by atoms with van der Waals surface area (Å²) >= 11 is 7.24. The minimum absolute atomic E-state index is 0.284. The number of anilines is 1. The minimum Gasteiger partial charge on any atom is -0.298 e. The van der Waals surface area contributed by atoms with E-state index in [1.165, 1.54) is 11.3 Å². The summed E-state index contributed by atoms with van der Waals surface area (Å²) in [5, 5.41) is 3.20. The van der Waals surface area contributed by atoms with Crippen molar-refractivity contribution in [2.24, 2.45) is 0 Å². The summed E-state index contributed by atoms with van der Waals surface area (Å²) in [5.74, 6) is -0.284. The SMILES string of the molecule is O=C(NNc1ccc(Cl)cc1)c1csc(-c2ccccc2)n1. The second-order valence-electron chi connectivity index (χ2n) is 4.49. The number of rotatable bonds is 4. The molecule has 0 unspecified atom stereocenters. The second kappa shape index (κ2) is 6.60. The van der Waals surface area contributed by atoms with E-state index >= 15 is 0 Å². The van der Waals surface area contributed by atoms with Crippen LogP contribution in [0.5, 0.6) is 0 Å². The maximum Gasteiger partial charge on any atom is 0.289 e. The first-order chi connectivity index (χ1) is 10.7. The molecule has 0 atom stereocenters. The Labute approximate surface area is 136 Å². The number of hydrogen-bond acceptors (Lipinski definition) is 4. The van der Waals surface area contributed by atoms with Gasteiger partial charge in [0.1, 0.15) is 10.7 Å². The molecule has 0 saturated carbocycles. The van der Waals surface area contributed by atoms with Crippen LogP contribution in [0.15, 0.2) is 60.0 Å². The highest BCUT2D eigenvalue weighted by Gasteiger charge is 2.11. The number of aromatic nitrogens is 1. The average Bonchev–Trinajstić information content (AvgIpc) is 3.05. The molecule has 0 fully saturated rings. The number of carbonyl (C=O) groups is 1. The van der Waals surface area contributed by atoms with Gasteiger partial charge < -0.3 is 0 Å². The summed E-state index contributed by atoms with van der Waals surface area (Å²) in [6.07, 6.45) is 0. The van der Waals surface area contributed by atoms with Crippen LogP contribution >= 0.6 is 22.9 Å². The lowest BCUT2D eigenvalue weighted by Crippen LogP contribution is -2.29. The van der Waals surface area contributed by atoms with Crippen LogP contribution in [-0.4, -0.2) is 10.9 Å². The van der Waals surface area contributed by atoms with Gasteiger partial charge in [-0.25, -0.2) is 4.98 Å². The molecule has 0 bridgehead atoms. The van der Waals surface area contributed by atoms with Crippen molar-refractivity contribution in [3.8, 4) is 10.6 Å². The fourth-order valence-electron chi connectivity index (χ4n) is 1.82. The first-order valence-electron chi connectivity index (χ1n) is 6.55. The van der Waals surface area contributed by atoms with Gasteiger partial charge in [0.25, 0.3) is 5.91 Å². The quantitative estimate of drug-likeness (QED) is 0.705. The fourth-order valence-corrected chi connectivity index (χ4v) is 2.75. The zero-order valence-electron chi connectivity index (χ0n) is 11.4. The average molecular weight is 330 g/mol. The Hall–Kier alpha value is -2.37. The van der Waals surface area contributed by atoms with Crippen molar-refractivity contribution in [2.75, 3.05) is 5.43 Å². The number of hydrogen-bond donors (Lipinski definition) is 2. The zero-order valence-corrected chi connectivity index (χ0v) is 13.0. The standard InChI is InChI=1S/C16H12ClN3OS/c17-12-6-8-13(9-7-12)19-20-15(21)14-10-22-16(18-14)11-4-2-1-3-5-11/h1-10,19H,(H,20,21). The highest BCUT2D eigenvalue weighted by Crippen LogP contribution is 2.23. The highest BCUT2D eigenvalue weighted by atomic mass is 35.5. The van der Waals surface area contributed by atoms with E-state index in [0.29, 0.717) is 10.7 Å². The molecule has 4 nitrogen and oxygen atoms in total. The molecule has 1 aromatic heterocycles. The molecular weight excluding hydrogens is 318 g/mol. The zero-order chi connectivity index (χ0) is 15.4. The third-order valence-corrected chi connectivity index (χ3v) is 4.07. The first-order valence-corrected chi connectivity index (χ1v) is 7.81. The monoisotopic (exact) mass is 329 g/mol. The molecule has 1 heterocycles. The van der Waals surface area contributed by atoms with Crippen LogP contribution in [0.3, 0.4) is 0 Å². The predicted molar refractivity (Wildman–Crippen MR) is 90.1 cm³/mol. The summed E-state index contributed by atoms with van der Waals surface area (Å²) in [5.41, 5.74) is 7.56. The molecule has 1 amide bonds. The number of carbonyl (C=O) groups excluding carboxylic acids is 1. The van der Waals surface area contributed by atoms with Crippen LogP contribution in [-0.2, 0) is 0 Å². The van der Waals surface area contributed by atoms with Crippen LogP contribution in [0.1, 0.15) is 10.5 Å². The molecule has 0 saturated heterocycles. The molecule has 0 aliphatic rings. The van der Waals surface area contributed by atoms with Gasteiger partial charge in [0.15, 0.2) is 0 Å². The topological polar surface area (TPSA) is 54.0 Å². The number of nitrogens with one attached hydrogen (secondary N) is 2. The van der Waals surface area contributed by atoms with Gasteiger partial charge in [-0.15, -0.1) is 11.3 Å². The third-order valence-electron chi connectivity index (χ3n) is 2.92. The highest BCUT2D eigenvalue weighted by molar-refractivity contribution is 7.13. The molecule has 0 spiro atoms. The number of hydrazine groups is 1. The molecule has 110 valence electrons. The third kappa shape index (κ3) is 3.44. The normalized spacial score (nSPS) is 10.2. The molecule has 2 N–H and O–H groups in total. The smallest absolute Gasteiger partial charge is 0.289 e. The molecule has 0 radical (unpaired) electrons. The van der Waals surface area contributed by atoms with Crippen LogP contribution in [0.2, 0.25) is 5.02 Å². The Kier molecular flexibility index (Phi) is 4.37. The van der Waals surface area contributed by atoms with Gasteiger partial charge in [0.05, 0.1) is 5.69 Å². The van der Waals surface area contributed by atoms with Crippen molar-refractivity contribution in [3.63, 3.8) is 0 Å². The molecule has 3 aromatic rings. The molecule has 3 rings (SSSR count). The van der Waals surface area contributed by atoms with Crippen LogP contribution in [0, 0.1) is 0 Å². The fraction of sp³-hybridized carbons (Fsp3) is 0. The minimum atomic E-state index is -0.284. The van der Waals surface area contributed by atoms with Gasteiger partial charge in [-0.1, -0.05) is 41.9 Å². The molecule has 0 aliphatic carbocycles. The van der Waals surface area contributed by atoms with Gasteiger partial charge in [-0.05, 0) is 24.3 Å². The Balaban J connectivity index is 1.66. The number of thiazole rings is 1. The number of amides is 1. The Morgan fingerprint density at radius 3 is 2.50 bits per heavy atom. The summed E-state index contributed by atoms with van der Waals surface area (Å²) in [7, 11) is 0. The van der Waals surface area contributed by atoms with E-state index in [2.05, 4.69) is 15.8 Å². The lowest BCUT2D eigenvalue weighted by atomic mass is 10.2. The van der Waals surface area contributed by atoms with E-state index in [9.17, 15) is 4.79 Å². The van der Waals surface area contributed by atoms with E-state index < -0.39 is 0 Å². The maximum atomic E-state index is 12.1. The van der Waals surface area contributed by atoms with Crippen LogP contribution in [0.25, 0.3) is 10.6 Å². The summed E-state index contributed by atoms with van der Waals surface area (Å²) in [4.78, 5) is 16.4. The number of benzene rings is 2. The van der Waals surface area contributed by atoms with Gasteiger partial charge in [0.2, 0.25) is 0 Å². The summed E-state index contributed by atoms with van der Waals surface area (Å²) < 4.78 is 0. The van der Waals surface area contributed by atoms with E-state index in [-0.39, 0.29) is 5.91 Å². The van der Waals surface area contributed by atoms with Crippen molar-refractivity contribution in [3.05, 3.63) is 70.7 Å². The Bertz CT molecular complexity index is 772. The van der Waals surface area contributed by atoms with E-state index in [1.54, 1.807) is 29.6 Å². The largest absolute Gasteiger partial charge is 0.298 e. The molecular formula is C16H12ClN3OS. The van der Waals surface area contributed by atoms with Gasteiger partial charge >= 0.3 is 0 Å². The Morgan fingerprint density at radius 1 is 1.05 bits per heavy atom. The van der Waals surface area contributed by atoms with E-state index in [1.807, 2.05) is 30.3 Å². The first kappa shape index (κ1) is 14.6. The van der Waals surface area contributed by atoms with Crippen LogP contribution in [0.4, 0.5) is 5.69 Å². The molecule has 0 aliphatic heterocycles. The lowest BCUT2D eigenvalue weighted by Gasteiger charge is -2.06. The van der Waals surface area contributed by atoms with Gasteiger partial charge in [-0.3, -0.25) is 15.6 Å². The van der Waals surface area contributed by atoms with Crippen molar-refractivity contribution < 1.29 is 4.79 Å². The van der Waals surface area contributed by atoms with Gasteiger partial charge in [0, 0.05) is 16.0 Å². The van der Waals surface area contributed by atoms with Crippen molar-refractivity contribution >= 4 is 34.5 Å². The Morgan fingerprint density at radius 2 is 1.77 bits per heavy atom. The number of nitrogens with zero attached hydrogens (tertiary/aromatic N) is 1. The summed E-state index contributed by atoms with van der Waals surface area (Å²) in [6, 6.07) is 16.8. The maximum absolute atomic E-state index is 12.1. The number of halogens is 1. The van der Waals surface area contributed by atoms with Gasteiger partial charge in [-0.2, -0.15) is 0 Å². The lowest BCUT2D eigenvalue weighted by molar-refractivity contribution is 0.0958. The molecule has 2 aromatic carbocycles. The molecule has 22 heavy (non-hydrogen) atoms. The second-order valence-corrected chi connectivity index (χ2v) is 5.78. The molecule has 6 heteroatoms.